The van der Waals surface area contributed by atoms with Crippen LogP contribution in [0.25, 0.3) is 0 Å². The smallest absolute Gasteiger partial charge is 0.405 e. The molecule has 0 spiro atoms. The molecule has 0 aliphatic rings. The van der Waals surface area contributed by atoms with E-state index in [-0.39, 0.29) is 5.56 Å². The molecule has 10 heteroatoms. The predicted octanol–water partition coefficient (Wildman–Crippen LogP) is 3.12. The molecule has 0 aliphatic carbocycles. The Bertz CT molecular complexity index is 637. The Hall–Kier alpha value is -1.17. The van der Waals surface area contributed by atoms with E-state index in [0.717, 1.165) is 12.1 Å². The van der Waals surface area contributed by atoms with Crippen LogP contribution in [0.5, 0.6) is 5.75 Å². The second-order valence-corrected chi connectivity index (χ2v) is 5.98. The van der Waals surface area contributed by atoms with Gasteiger partial charge in [-0.2, -0.15) is 5.26 Å². The molecule has 0 heterocycles. The molecule has 1 aromatic rings. The third-order valence-electron chi connectivity index (χ3n) is 1.92. The molecule has 0 bridgehead atoms. The quantitative estimate of drug-likeness (QED) is 0.629. The number of ether oxygens (including phenoxy) is 1. The van der Waals surface area contributed by atoms with Crippen molar-refractivity contribution in [2.75, 3.05) is 0 Å². The van der Waals surface area contributed by atoms with Gasteiger partial charge in [-0.15, -0.1) is 24.8 Å². The number of nitriles is 1. The summed E-state index contributed by atoms with van der Waals surface area (Å²) in [5.74, 6) is -1.46. The van der Waals surface area contributed by atoms with Crippen molar-refractivity contribution >= 4 is 31.3 Å². The van der Waals surface area contributed by atoms with E-state index in [0.29, 0.717) is 0 Å². The molecule has 0 amide bonds. The fourth-order valence-corrected chi connectivity index (χ4v) is 2.75. The zero-order chi connectivity index (χ0) is 14.8. The van der Waals surface area contributed by atoms with E-state index in [1.54, 1.807) is 0 Å². The lowest BCUT2D eigenvalue weighted by atomic mass is 10.1. The van der Waals surface area contributed by atoms with Crippen molar-refractivity contribution in [2.45, 2.75) is 17.1 Å². The number of alkyl halides is 4. The van der Waals surface area contributed by atoms with Crippen molar-refractivity contribution in [3.63, 3.8) is 0 Å². The molecule has 1 aromatic carbocycles. The molecule has 0 aliphatic heterocycles. The van der Waals surface area contributed by atoms with Crippen LogP contribution in [0.4, 0.5) is 13.2 Å². The molecule has 0 fully saturated rings. The summed E-state index contributed by atoms with van der Waals surface area (Å²) in [5.41, 5.74) is -0.819. The highest BCUT2D eigenvalue weighted by atomic mass is 35.7. The minimum atomic E-state index is -5.05. The van der Waals surface area contributed by atoms with Gasteiger partial charge in [0.2, 0.25) is 0 Å². The van der Waals surface area contributed by atoms with Crippen molar-refractivity contribution in [3.8, 4) is 11.8 Å². The molecule has 0 saturated heterocycles. The SMILES string of the molecule is N#Cc1cc(OC(F)(F)F)c(CCl)c(S(=O)(=O)Cl)c1. The van der Waals surface area contributed by atoms with Gasteiger partial charge < -0.3 is 4.74 Å². The third-order valence-corrected chi connectivity index (χ3v) is 3.57. The summed E-state index contributed by atoms with van der Waals surface area (Å²) in [6, 6.07) is 3.06. The van der Waals surface area contributed by atoms with Crippen molar-refractivity contribution in [1.82, 2.24) is 0 Å². The van der Waals surface area contributed by atoms with E-state index in [1.165, 1.54) is 6.07 Å². The van der Waals surface area contributed by atoms with Gasteiger partial charge in [0, 0.05) is 16.2 Å². The van der Waals surface area contributed by atoms with E-state index < -0.39 is 37.5 Å². The zero-order valence-corrected chi connectivity index (χ0v) is 11.2. The number of benzene rings is 1. The molecular formula is C9H4Cl2F3NO3S. The summed E-state index contributed by atoms with van der Waals surface area (Å²) in [5, 5.41) is 8.66. The fourth-order valence-electron chi connectivity index (χ4n) is 1.25. The lowest BCUT2D eigenvalue weighted by Crippen LogP contribution is -2.18. The van der Waals surface area contributed by atoms with Crippen molar-refractivity contribution in [3.05, 3.63) is 23.3 Å². The van der Waals surface area contributed by atoms with Crippen LogP contribution < -0.4 is 4.74 Å². The normalized spacial score (nSPS) is 12.0. The molecule has 0 saturated carbocycles. The molecule has 0 aromatic heterocycles. The van der Waals surface area contributed by atoms with E-state index >= 15 is 0 Å². The van der Waals surface area contributed by atoms with Crippen LogP contribution in [-0.4, -0.2) is 14.8 Å². The fraction of sp³-hybridized carbons (Fsp3) is 0.222. The first-order chi connectivity index (χ1) is 8.58. The molecule has 4 nitrogen and oxygen atoms in total. The molecule has 1 rings (SSSR count). The van der Waals surface area contributed by atoms with Gasteiger partial charge in [-0.05, 0) is 12.1 Å². The maximum atomic E-state index is 12.2. The van der Waals surface area contributed by atoms with E-state index in [9.17, 15) is 21.6 Å². The molecular weight excluding hydrogens is 330 g/mol. The standard InChI is InChI=1S/C9H4Cl2F3NO3S/c10-3-6-7(18-9(12,13)14)1-5(4-15)2-8(6)19(11,16)17/h1-2H,3H2. The second kappa shape index (κ2) is 5.45. The Morgan fingerprint density at radius 3 is 2.32 bits per heavy atom. The summed E-state index contributed by atoms with van der Waals surface area (Å²) in [6.45, 7) is 0. The summed E-state index contributed by atoms with van der Waals surface area (Å²) < 4.78 is 62.7. The highest BCUT2D eigenvalue weighted by Crippen LogP contribution is 2.34. The lowest BCUT2D eigenvalue weighted by molar-refractivity contribution is -0.274. The van der Waals surface area contributed by atoms with Crippen LogP contribution in [0.2, 0.25) is 0 Å². The van der Waals surface area contributed by atoms with Gasteiger partial charge in [0.25, 0.3) is 9.05 Å². The number of hydrogen-bond donors (Lipinski definition) is 0. The average molecular weight is 334 g/mol. The maximum absolute atomic E-state index is 12.2. The van der Waals surface area contributed by atoms with Crippen LogP contribution in [0.15, 0.2) is 17.0 Å². The van der Waals surface area contributed by atoms with E-state index in [4.69, 9.17) is 27.5 Å². The zero-order valence-electron chi connectivity index (χ0n) is 8.83. The first kappa shape index (κ1) is 15.9. The van der Waals surface area contributed by atoms with Crippen molar-refractivity contribution < 1.29 is 26.3 Å². The Balaban J connectivity index is 3.59. The summed E-state index contributed by atoms with van der Waals surface area (Å²) in [4.78, 5) is -0.692. The minimum absolute atomic E-state index is 0.354. The summed E-state index contributed by atoms with van der Waals surface area (Å²) >= 11 is 5.41. The summed E-state index contributed by atoms with van der Waals surface area (Å²) in [6.07, 6.45) is -5.05. The van der Waals surface area contributed by atoms with Gasteiger partial charge in [-0.25, -0.2) is 8.42 Å². The molecule has 19 heavy (non-hydrogen) atoms. The van der Waals surface area contributed by atoms with Crippen LogP contribution in [0.3, 0.4) is 0 Å². The van der Waals surface area contributed by atoms with Gasteiger partial charge >= 0.3 is 6.36 Å². The Morgan fingerprint density at radius 1 is 1.37 bits per heavy atom. The van der Waals surface area contributed by atoms with Gasteiger partial charge in [0.1, 0.15) is 5.75 Å². The maximum Gasteiger partial charge on any atom is 0.573 e. The predicted molar refractivity (Wildman–Crippen MR) is 60.4 cm³/mol. The van der Waals surface area contributed by atoms with Gasteiger partial charge in [-0.3, -0.25) is 0 Å². The molecule has 0 radical (unpaired) electrons. The van der Waals surface area contributed by atoms with Crippen molar-refractivity contribution in [1.29, 1.82) is 5.26 Å². The highest BCUT2D eigenvalue weighted by molar-refractivity contribution is 8.13. The van der Waals surface area contributed by atoms with Crippen LogP contribution in [-0.2, 0) is 14.9 Å². The molecule has 104 valence electrons. The largest absolute Gasteiger partial charge is 0.573 e. The van der Waals surface area contributed by atoms with Gasteiger partial charge in [-0.1, -0.05) is 0 Å². The second-order valence-electron chi connectivity index (χ2n) is 3.18. The average Bonchev–Trinajstić information content (AvgIpc) is 2.24. The highest BCUT2D eigenvalue weighted by Gasteiger charge is 2.33. The van der Waals surface area contributed by atoms with Gasteiger partial charge in [0.15, 0.2) is 0 Å². The first-order valence-corrected chi connectivity index (χ1v) is 7.26. The summed E-state index contributed by atoms with van der Waals surface area (Å²) in [7, 11) is 0.715. The third kappa shape index (κ3) is 4.16. The van der Waals surface area contributed by atoms with Gasteiger partial charge in [0.05, 0.1) is 22.4 Å². The lowest BCUT2D eigenvalue weighted by Gasteiger charge is -2.14. The number of rotatable bonds is 3. The number of hydrogen-bond acceptors (Lipinski definition) is 4. The molecule has 0 unspecified atom stereocenters. The minimum Gasteiger partial charge on any atom is -0.405 e. The Morgan fingerprint density at radius 2 is 1.95 bits per heavy atom. The van der Waals surface area contributed by atoms with E-state index in [2.05, 4.69) is 4.74 Å². The topological polar surface area (TPSA) is 67.2 Å². The number of nitrogens with zero attached hydrogens (tertiary/aromatic N) is 1. The Kier molecular flexibility index (Phi) is 4.55. The first-order valence-electron chi connectivity index (χ1n) is 4.42. The van der Waals surface area contributed by atoms with Crippen molar-refractivity contribution in [2.24, 2.45) is 0 Å². The van der Waals surface area contributed by atoms with Crippen LogP contribution >= 0.6 is 22.3 Å². The molecule has 0 atom stereocenters. The monoisotopic (exact) mass is 333 g/mol. The Labute approximate surface area is 115 Å². The number of halogens is 5. The molecule has 0 N–H and O–H groups in total. The van der Waals surface area contributed by atoms with E-state index in [1.807, 2.05) is 0 Å². The van der Waals surface area contributed by atoms with Crippen LogP contribution in [0, 0.1) is 11.3 Å². The van der Waals surface area contributed by atoms with Crippen LogP contribution in [0.1, 0.15) is 11.1 Å².